The monoisotopic (exact) mass is 356 g/mol. The highest BCUT2D eigenvalue weighted by atomic mass is 32.1. The van der Waals surface area contributed by atoms with E-state index in [1.54, 1.807) is 29.9 Å². The van der Waals surface area contributed by atoms with Crippen molar-refractivity contribution in [3.05, 3.63) is 40.0 Å². The van der Waals surface area contributed by atoms with Gasteiger partial charge in [-0.1, -0.05) is 12.8 Å². The standard InChI is InChI=1S/C19H24N4OS/c24-19(17-13-15-5-3-1-2-4-6-16(15)25-17)23-11-9-22(10-12-23)18-14-20-7-8-21-18/h7-8,13-14H,1-6,9-12H2. The highest BCUT2D eigenvalue weighted by molar-refractivity contribution is 7.14. The van der Waals surface area contributed by atoms with Gasteiger partial charge < -0.3 is 9.80 Å². The van der Waals surface area contributed by atoms with Crippen LogP contribution in [0.3, 0.4) is 0 Å². The van der Waals surface area contributed by atoms with E-state index < -0.39 is 0 Å². The van der Waals surface area contributed by atoms with Crippen molar-refractivity contribution in [3.8, 4) is 0 Å². The van der Waals surface area contributed by atoms with Crippen molar-refractivity contribution in [2.24, 2.45) is 0 Å². The molecular formula is C19H24N4OS. The topological polar surface area (TPSA) is 49.3 Å². The molecule has 0 bridgehead atoms. The van der Waals surface area contributed by atoms with Gasteiger partial charge in [-0.25, -0.2) is 4.98 Å². The number of nitrogens with zero attached hydrogens (tertiary/aromatic N) is 4. The lowest BCUT2D eigenvalue weighted by atomic mass is 10.00. The fourth-order valence-electron chi connectivity index (χ4n) is 3.70. The number of piperazine rings is 1. The molecule has 5 nitrogen and oxygen atoms in total. The molecule has 25 heavy (non-hydrogen) atoms. The third kappa shape index (κ3) is 3.68. The number of aryl methyl sites for hydroxylation is 2. The molecule has 0 spiro atoms. The highest BCUT2D eigenvalue weighted by Gasteiger charge is 2.25. The van der Waals surface area contributed by atoms with Crippen LogP contribution in [0.15, 0.2) is 24.7 Å². The SMILES string of the molecule is O=C(c1cc2c(s1)CCCCCC2)N1CCN(c2cnccn2)CC1. The van der Waals surface area contributed by atoms with Gasteiger partial charge in [-0.15, -0.1) is 11.3 Å². The van der Waals surface area contributed by atoms with Crippen molar-refractivity contribution in [1.29, 1.82) is 0 Å². The van der Waals surface area contributed by atoms with E-state index in [4.69, 9.17) is 0 Å². The molecule has 0 saturated carbocycles. The molecule has 132 valence electrons. The summed E-state index contributed by atoms with van der Waals surface area (Å²) in [4.78, 5) is 28.0. The summed E-state index contributed by atoms with van der Waals surface area (Å²) in [5.74, 6) is 1.10. The number of aromatic nitrogens is 2. The molecule has 3 heterocycles. The van der Waals surface area contributed by atoms with E-state index in [1.165, 1.54) is 36.1 Å². The van der Waals surface area contributed by atoms with Crippen LogP contribution in [0.1, 0.15) is 45.8 Å². The molecule has 2 aliphatic rings. The number of amides is 1. The Labute approximate surface area is 152 Å². The normalized spacial score (nSPS) is 18.4. The van der Waals surface area contributed by atoms with Crippen molar-refractivity contribution in [2.45, 2.75) is 38.5 Å². The highest BCUT2D eigenvalue weighted by Crippen LogP contribution is 2.29. The van der Waals surface area contributed by atoms with Crippen molar-refractivity contribution in [3.63, 3.8) is 0 Å². The molecule has 2 aromatic rings. The van der Waals surface area contributed by atoms with Gasteiger partial charge in [0.25, 0.3) is 5.91 Å². The minimum Gasteiger partial charge on any atom is -0.352 e. The van der Waals surface area contributed by atoms with Crippen molar-refractivity contribution >= 4 is 23.1 Å². The van der Waals surface area contributed by atoms with Crippen LogP contribution in [-0.4, -0.2) is 47.0 Å². The van der Waals surface area contributed by atoms with Crippen LogP contribution < -0.4 is 4.90 Å². The number of thiophene rings is 1. The second kappa shape index (κ2) is 7.52. The number of hydrogen-bond donors (Lipinski definition) is 0. The number of fused-ring (bicyclic) bond motifs is 1. The Hall–Kier alpha value is -1.95. The van der Waals surface area contributed by atoms with E-state index in [9.17, 15) is 4.79 Å². The van der Waals surface area contributed by atoms with Crippen molar-refractivity contribution in [1.82, 2.24) is 14.9 Å². The fraction of sp³-hybridized carbons (Fsp3) is 0.526. The first-order valence-corrected chi connectivity index (χ1v) is 10.0. The summed E-state index contributed by atoms with van der Waals surface area (Å²) in [7, 11) is 0. The molecule has 0 unspecified atom stereocenters. The molecule has 1 amide bonds. The second-order valence-electron chi connectivity index (χ2n) is 6.82. The number of anilines is 1. The molecule has 0 aromatic carbocycles. The molecule has 4 rings (SSSR count). The quantitative estimate of drug-likeness (QED) is 0.829. The largest absolute Gasteiger partial charge is 0.352 e. The molecule has 1 saturated heterocycles. The van der Waals surface area contributed by atoms with Crippen molar-refractivity contribution in [2.75, 3.05) is 31.1 Å². The Bertz CT molecular complexity index is 697. The van der Waals surface area contributed by atoms with Gasteiger partial charge in [0.2, 0.25) is 0 Å². The number of rotatable bonds is 2. The van der Waals surface area contributed by atoms with Crippen LogP contribution in [0, 0.1) is 0 Å². The van der Waals surface area contributed by atoms with E-state index in [0.29, 0.717) is 0 Å². The van der Waals surface area contributed by atoms with E-state index >= 15 is 0 Å². The third-order valence-corrected chi connectivity index (χ3v) is 6.37. The molecular weight excluding hydrogens is 332 g/mol. The average Bonchev–Trinajstić information content (AvgIpc) is 3.04. The van der Waals surface area contributed by atoms with Crippen molar-refractivity contribution < 1.29 is 4.79 Å². The lowest BCUT2D eigenvalue weighted by molar-refractivity contribution is 0.0751. The zero-order chi connectivity index (χ0) is 17.1. The Kier molecular flexibility index (Phi) is 4.97. The first-order chi connectivity index (χ1) is 12.3. The molecule has 2 aromatic heterocycles. The minimum atomic E-state index is 0.204. The lowest BCUT2D eigenvalue weighted by Gasteiger charge is -2.35. The van der Waals surface area contributed by atoms with Gasteiger partial charge >= 0.3 is 0 Å². The molecule has 1 aliphatic carbocycles. The maximum atomic E-state index is 12.9. The Morgan fingerprint density at radius 1 is 1.00 bits per heavy atom. The van der Waals surface area contributed by atoms with E-state index in [2.05, 4.69) is 20.9 Å². The molecule has 1 aliphatic heterocycles. The summed E-state index contributed by atoms with van der Waals surface area (Å²) in [5.41, 5.74) is 1.42. The number of carbonyl (C=O) groups excluding carboxylic acids is 1. The average molecular weight is 356 g/mol. The maximum Gasteiger partial charge on any atom is 0.264 e. The zero-order valence-corrected chi connectivity index (χ0v) is 15.3. The second-order valence-corrected chi connectivity index (χ2v) is 7.95. The molecule has 0 atom stereocenters. The van der Waals surface area contributed by atoms with Crippen LogP contribution >= 0.6 is 11.3 Å². The summed E-state index contributed by atoms with van der Waals surface area (Å²) in [6.45, 7) is 3.13. The van der Waals surface area contributed by atoms with Gasteiger partial charge in [-0.3, -0.25) is 9.78 Å². The zero-order valence-electron chi connectivity index (χ0n) is 14.5. The number of hydrogen-bond acceptors (Lipinski definition) is 5. The van der Waals surface area contributed by atoms with Crippen LogP contribution in [0.2, 0.25) is 0 Å². The smallest absolute Gasteiger partial charge is 0.264 e. The van der Waals surface area contributed by atoms with E-state index in [0.717, 1.165) is 49.7 Å². The molecule has 6 heteroatoms. The predicted molar refractivity (Wildman–Crippen MR) is 100 cm³/mol. The maximum absolute atomic E-state index is 12.9. The van der Waals surface area contributed by atoms with Gasteiger partial charge in [-0.05, 0) is 37.3 Å². The first kappa shape index (κ1) is 16.5. The fourth-order valence-corrected chi connectivity index (χ4v) is 4.92. The molecule has 1 fully saturated rings. The van der Waals surface area contributed by atoms with Gasteiger partial charge in [-0.2, -0.15) is 0 Å². The molecule has 0 radical (unpaired) electrons. The Balaban J connectivity index is 1.41. The van der Waals surface area contributed by atoms with Gasteiger partial charge in [0, 0.05) is 43.4 Å². The van der Waals surface area contributed by atoms with Crippen LogP contribution in [0.25, 0.3) is 0 Å². The Morgan fingerprint density at radius 2 is 1.80 bits per heavy atom. The minimum absolute atomic E-state index is 0.204. The Morgan fingerprint density at radius 3 is 2.56 bits per heavy atom. The van der Waals surface area contributed by atoms with Gasteiger partial charge in [0.15, 0.2) is 0 Å². The summed E-state index contributed by atoms with van der Waals surface area (Å²) >= 11 is 1.73. The predicted octanol–water partition coefficient (Wildman–Crippen LogP) is 3.16. The van der Waals surface area contributed by atoms with Gasteiger partial charge in [0.1, 0.15) is 5.82 Å². The summed E-state index contributed by atoms with van der Waals surface area (Å²) in [6.07, 6.45) is 12.6. The lowest BCUT2D eigenvalue weighted by Crippen LogP contribution is -2.48. The van der Waals surface area contributed by atoms with E-state index in [-0.39, 0.29) is 5.91 Å². The van der Waals surface area contributed by atoms with Crippen LogP contribution in [0.4, 0.5) is 5.82 Å². The van der Waals surface area contributed by atoms with Crippen LogP contribution in [0.5, 0.6) is 0 Å². The summed E-state index contributed by atoms with van der Waals surface area (Å²) in [6, 6.07) is 2.17. The number of carbonyl (C=O) groups is 1. The van der Waals surface area contributed by atoms with Gasteiger partial charge in [0.05, 0.1) is 11.1 Å². The third-order valence-electron chi connectivity index (χ3n) is 5.15. The first-order valence-electron chi connectivity index (χ1n) is 9.23. The molecule has 0 N–H and O–H groups in total. The summed E-state index contributed by atoms with van der Waals surface area (Å²) < 4.78 is 0. The summed E-state index contributed by atoms with van der Waals surface area (Å²) in [5, 5.41) is 0. The van der Waals surface area contributed by atoms with E-state index in [1.807, 2.05) is 4.90 Å². The van der Waals surface area contributed by atoms with Crippen LogP contribution in [-0.2, 0) is 12.8 Å².